The van der Waals surface area contributed by atoms with Crippen LogP contribution in [0.15, 0.2) is 42.5 Å². The molecule has 2 aromatic carbocycles. The number of nitrogens with one attached hydrogen (secondary N) is 1. The second-order valence-corrected chi connectivity index (χ2v) is 7.71. The summed E-state index contributed by atoms with van der Waals surface area (Å²) in [5.74, 6) is -0.224. The first-order valence-electron chi connectivity index (χ1n) is 8.97. The lowest BCUT2D eigenvalue weighted by Gasteiger charge is -2.16. The number of anilines is 2. The number of hydrogen-bond acceptors (Lipinski definition) is 4. The van der Waals surface area contributed by atoms with E-state index >= 15 is 0 Å². The van der Waals surface area contributed by atoms with Crippen LogP contribution in [0.3, 0.4) is 0 Å². The molecule has 0 radical (unpaired) electrons. The molecule has 0 aromatic heterocycles. The van der Waals surface area contributed by atoms with E-state index in [4.69, 9.17) is 0 Å². The summed E-state index contributed by atoms with van der Waals surface area (Å²) >= 11 is 1.03. The molecule has 1 heterocycles. The highest BCUT2D eigenvalue weighted by molar-refractivity contribution is 8.16. The molecule has 1 atom stereocenters. The van der Waals surface area contributed by atoms with Crippen LogP contribution in [-0.2, 0) is 11.2 Å². The van der Waals surface area contributed by atoms with E-state index in [1.54, 1.807) is 0 Å². The molecular formula is C21H24N2O2S. The van der Waals surface area contributed by atoms with Gasteiger partial charge in [-0.25, -0.2) is 4.90 Å². The molecule has 136 valence electrons. The molecule has 0 saturated carbocycles. The second-order valence-electron chi connectivity index (χ2n) is 6.65. The minimum absolute atomic E-state index is 0.224. The number of amides is 2. The van der Waals surface area contributed by atoms with Crippen molar-refractivity contribution in [1.29, 1.82) is 0 Å². The Morgan fingerprint density at radius 1 is 1.04 bits per heavy atom. The molecule has 0 aliphatic carbocycles. The van der Waals surface area contributed by atoms with Crippen molar-refractivity contribution in [3.63, 3.8) is 0 Å². The van der Waals surface area contributed by atoms with Gasteiger partial charge in [0.1, 0.15) is 0 Å². The van der Waals surface area contributed by atoms with Gasteiger partial charge >= 0.3 is 0 Å². The first-order valence-corrected chi connectivity index (χ1v) is 9.85. The van der Waals surface area contributed by atoms with Crippen LogP contribution in [0.2, 0.25) is 0 Å². The van der Waals surface area contributed by atoms with Gasteiger partial charge in [0.2, 0.25) is 0 Å². The van der Waals surface area contributed by atoms with Gasteiger partial charge < -0.3 is 5.32 Å². The molecule has 1 aliphatic rings. The fourth-order valence-corrected chi connectivity index (χ4v) is 3.80. The van der Waals surface area contributed by atoms with E-state index in [1.807, 2.05) is 44.2 Å². The molecule has 0 spiro atoms. The van der Waals surface area contributed by atoms with Gasteiger partial charge in [0.15, 0.2) is 5.37 Å². The van der Waals surface area contributed by atoms with Gasteiger partial charge in [-0.2, -0.15) is 0 Å². The molecule has 2 aromatic rings. The van der Waals surface area contributed by atoms with Crippen molar-refractivity contribution < 1.29 is 9.59 Å². The maximum atomic E-state index is 12.7. The average Bonchev–Trinajstić information content (AvgIpc) is 2.90. The molecule has 2 amide bonds. The number of nitrogens with zero attached hydrogens (tertiary/aromatic N) is 1. The quantitative estimate of drug-likeness (QED) is 0.753. The summed E-state index contributed by atoms with van der Waals surface area (Å²) in [6.45, 7) is 6.17. The smallest absolute Gasteiger partial charge is 0.295 e. The standard InChI is InChI=1S/C21H24N2O2S/c1-4-5-6-16-8-10-17(11-9-16)22-19-20(24)23(21(25)26-19)18-12-7-14(2)15(3)13-18/h7-13,19,22H,4-6H2,1-3H3/t19-/m0/s1. The minimum atomic E-state index is -0.592. The molecule has 0 bridgehead atoms. The van der Waals surface area contributed by atoms with Crippen molar-refractivity contribution in [2.75, 3.05) is 10.2 Å². The Balaban J connectivity index is 1.71. The summed E-state index contributed by atoms with van der Waals surface area (Å²) in [5, 5.41) is 2.35. The molecule has 26 heavy (non-hydrogen) atoms. The molecule has 1 N–H and O–H groups in total. The maximum Gasteiger partial charge on any atom is 0.295 e. The van der Waals surface area contributed by atoms with E-state index < -0.39 is 5.37 Å². The Labute approximate surface area is 159 Å². The fraction of sp³-hybridized carbons (Fsp3) is 0.333. The number of unbranched alkanes of at least 4 members (excludes halogenated alkanes) is 1. The topological polar surface area (TPSA) is 49.4 Å². The lowest BCUT2D eigenvalue weighted by molar-refractivity contribution is -0.116. The normalized spacial score (nSPS) is 17.0. The Kier molecular flexibility index (Phi) is 5.67. The zero-order chi connectivity index (χ0) is 18.7. The van der Waals surface area contributed by atoms with Gasteiger partial charge in [0, 0.05) is 5.69 Å². The minimum Gasteiger partial charge on any atom is -0.365 e. The van der Waals surface area contributed by atoms with Crippen molar-refractivity contribution in [3.8, 4) is 0 Å². The molecule has 3 rings (SSSR count). The summed E-state index contributed by atoms with van der Waals surface area (Å²) in [7, 11) is 0. The monoisotopic (exact) mass is 368 g/mol. The lowest BCUT2D eigenvalue weighted by Crippen LogP contribution is -2.34. The van der Waals surface area contributed by atoms with Gasteiger partial charge in [-0.3, -0.25) is 9.59 Å². The van der Waals surface area contributed by atoms with E-state index in [0.717, 1.165) is 35.0 Å². The maximum absolute atomic E-state index is 12.7. The van der Waals surface area contributed by atoms with Crippen LogP contribution in [0.1, 0.15) is 36.5 Å². The number of imide groups is 1. The third kappa shape index (κ3) is 3.93. The van der Waals surface area contributed by atoms with Crippen molar-refractivity contribution >= 4 is 34.3 Å². The number of rotatable bonds is 6. The molecular weight excluding hydrogens is 344 g/mol. The molecule has 4 nitrogen and oxygen atoms in total. The van der Waals surface area contributed by atoms with Crippen molar-refractivity contribution in [1.82, 2.24) is 0 Å². The summed E-state index contributed by atoms with van der Waals surface area (Å²) in [6, 6.07) is 13.7. The molecule has 1 fully saturated rings. The van der Waals surface area contributed by atoms with E-state index in [1.165, 1.54) is 23.3 Å². The molecule has 5 heteroatoms. The highest BCUT2D eigenvalue weighted by Crippen LogP contribution is 2.33. The molecule has 0 unspecified atom stereocenters. The number of carbonyl (C=O) groups is 2. The van der Waals surface area contributed by atoms with E-state index in [2.05, 4.69) is 24.4 Å². The van der Waals surface area contributed by atoms with Gasteiger partial charge in [0.25, 0.3) is 11.1 Å². The predicted octanol–water partition coefficient (Wildman–Crippen LogP) is 5.28. The predicted molar refractivity (Wildman–Crippen MR) is 109 cm³/mol. The first-order chi connectivity index (χ1) is 12.5. The van der Waals surface area contributed by atoms with Crippen LogP contribution in [-0.4, -0.2) is 16.5 Å². The highest BCUT2D eigenvalue weighted by atomic mass is 32.2. The van der Waals surface area contributed by atoms with Crippen molar-refractivity contribution in [2.45, 2.75) is 45.4 Å². The van der Waals surface area contributed by atoms with E-state index in [0.29, 0.717) is 5.69 Å². The van der Waals surface area contributed by atoms with Gasteiger partial charge in [-0.15, -0.1) is 0 Å². The zero-order valence-electron chi connectivity index (χ0n) is 15.4. The number of thioether (sulfide) groups is 1. The largest absolute Gasteiger partial charge is 0.365 e. The summed E-state index contributed by atoms with van der Waals surface area (Å²) in [4.78, 5) is 26.4. The number of carbonyl (C=O) groups excluding carboxylic acids is 2. The van der Waals surface area contributed by atoms with Crippen LogP contribution in [0.5, 0.6) is 0 Å². The third-order valence-electron chi connectivity index (χ3n) is 4.67. The number of aryl methyl sites for hydroxylation is 3. The second kappa shape index (κ2) is 7.96. The fourth-order valence-electron chi connectivity index (χ4n) is 2.90. The number of hydrogen-bond donors (Lipinski definition) is 1. The Morgan fingerprint density at radius 3 is 2.42 bits per heavy atom. The van der Waals surface area contributed by atoms with E-state index in [-0.39, 0.29) is 11.1 Å². The van der Waals surface area contributed by atoms with Crippen molar-refractivity contribution in [2.24, 2.45) is 0 Å². The van der Waals surface area contributed by atoms with Crippen LogP contribution >= 0.6 is 11.8 Å². The third-order valence-corrected chi connectivity index (χ3v) is 5.60. The van der Waals surface area contributed by atoms with Gasteiger partial charge in [0.05, 0.1) is 5.69 Å². The summed E-state index contributed by atoms with van der Waals surface area (Å²) < 4.78 is 0. The molecule has 1 aliphatic heterocycles. The van der Waals surface area contributed by atoms with Gasteiger partial charge in [-0.05, 0) is 79.4 Å². The van der Waals surface area contributed by atoms with Crippen LogP contribution in [0, 0.1) is 13.8 Å². The molecule has 1 saturated heterocycles. The van der Waals surface area contributed by atoms with Gasteiger partial charge in [-0.1, -0.05) is 31.5 Å². The van der Waals surface area contributed by atoms with E-state index in [9.17, 15) is 9.59 Å². The Hall–Kier alpha value is -2.27. The SMILES string of the molecule is CCCCc1ccc(N[C@H]2SC(=O)N(c3ccc(C)c(C)c3)C2=O)cc1. The Morgan fingerprint density at radius 2 is 1.77 bits per heavy atom. The van der Waals surface area contributed by atoms with Crippen molar-refractivity contribution in [3.05, 3.63) is 59.2 Å². The average molecular weight is 369 g/mol. The first kappa shape index (κ1) is 18.5. The summed E-state index contributed by atoms with van der Waals surface area (Å²) in [5.41, 5.74) is 4.97. The van der Waals surface area contributed by atoms with Crippen LogP contribution < -0.4 is 10.2 Å². The zero-order valence-corrected chi connectivity index (χ0v) is 16.2. The summed E-state index contributed by atoms with van der Waals surface area (Å²) in [6.07, 6.45) is 3.40. The van der Waals surface area contributed by atoms with Crippen LogP contribution in [0.4, 0.5) is 16.2 Å². The van der Waals surface area contributed by atoms with Crippen LogP contribution in [0.25, 0.3) is 0 Å². The Bertz CT molecular complexity index is 817. The highest BCUT2D eigenvalue weighted by Gasteiger charge is 2.40. The lowest BCUT2D eigenvalue weighted by atomic mass is 10.1. The number of benzene rings is 2.